The summed E-state index contributed by atoms with van der Waals surface area (Å²) < 4.78 is 45.1. The molecule has 0 fully saturated rings. The van der Waals surface area contributed by atoms with Crippen molar-refractivity contribution in [1.82, 2.24) is 9.97 Å². The first-order chi connectivity index (χ1) is 19.9. The maximum Gasteiger partial charge on any atom is 0.418 e. The molecule has 0 N–H and O–H groups in total. The molecule has 0 bridgehead atoms. The van der Waals surface area contributed by atoms with Crippen LogP contribution in [-0.2, 0) is 6.18 Å². The van der Waals surface area contributed by atoms with Crippen LogP contribution in [0.25, 0.3) is 66.8 Å². The van der Waals surface area contributed by atoms with Gasteiger partial charge in [-0.05, 0) is 52.6 Å². The molecule has 0 spiro atoms. The van der Waals surface area contributed by atoms with Gasteiger partial charge in [0.25, 0.3) is 0 Å². The van der Waals surface area contributed by atoms with E-state index in [9.17, 15) is 13.2 Å². The molecule has 3 heterocycles. The molecule has 0 unspecified atom stereocenters. The van der Waals surface area contributed by atoms with Gasteiger partial charge in [0.05, 0.1) is 17.0 Å². The number of hydrogen-bond acceptors (Lipinski definition) is 3. The van der Waals surface area contributed by atoms with Crippen LogP contribution in [0.3, 0.4) is 0 Å². The van der Waals surface area contributed by atoms with E-state index in [0.29, 0.717) is 16.5 Å². The van der Waals surface area contributed by atoms with Crippen LogP contribution in [0.1, 0.15) is 5.56 Å². The number of hydrogen-bond donors (Lipinski definition) is 0. The van der Waals surface area contributed by atoms with E-state index >= 15 is 0 Å². The minimum Gasteiger partial charge on any atom is -0.454 e. The second-order valence-corrected chi connectivity index (χ2v) is 9.82. The number of fused-ring (bicyclic) bond motifs is 3. The Balaban J connectivity index is 1.27. The van der Waals surface area contributed by atoms with Crippen LogP contribution in [0, 0.1) is 0 Å². The lowest BCUT2D eigenvalue weighted by Gasteiger charge is -2.11. The van der Waals surface area contributed by atoms with Crippen molar-refractivity contribution in [3.8, 4) is 44.8 Å². The zero-order chi connectivity index (χ0) is 28.0. The van der Waals surface area contributed by atoms with Crippen molar-refractivity contribution >= 4 is 22.1 Å². The van der Waals surface area contributed by atoms with E-state index < -0.39 is 11.7 Å². The van der Waals surface area contributed by atoms with E-state index in [4.69, 9.17) is 9.40 Å². The Hall–Kier alpha value is -5.23. The highest BCUT2D eigenvalue weighted by Gasteiger charge is 2.31. The number of halogens is 3. The summed E-state index contributed by atoms with van der Waals surface area (Å²) >= 11 is 0. The average Bonchev–Trinajstić information content (AvgIpc) is 3.39. The summed E-state index contributed by atoms with van der Waals surface area (Å²) in [5.74, 6) is 0. The van der Waals surface area contributed by atoms with E-state index in [-0.39, 0.29) is 5.58 Å². The normalized spacial score (nSPS) is 11.8. The fourth-order valence-electron chi connectivity index (χ4n) is 5.05. The molecule has 3 nitrogen and oxygen atoms in total. The van der Waals surface area contributed by atoms with Crippen molar-refractivity contribution in [3.63, 3.8) is 0 Å². The molecular weight excluding hydrogens is 521 g/mol. The van der Waals surface area contributed by atoms with Crippen LogP contribution < -0.4 is 0 Å². The molecule has 3 aromatic heterocycles. The summed E-state index contributed by atoms with van der Waals surface area (Å²) in [7, 11) is 0. The van der Waals surface area contributed by atoms with E-state index in [2.05, 4.69) is 53.5 Å². The molecule has 0 saturated carbocycles. The molecule has 0 aliphatic heterocycles. The number of aromatic nitrogens is 2. The van der Waals surface area contributed by atoms with Crippen LogP contribution in [0.15, 0.2) is 132 Å². The standard InChI is InChI=1S/C35H21F3N2O/c36-35(37,38)28-20-33-34(39-21-28)29-17-26(15-16-32(29)41-33)22-11-13-23(14-12-22)27-18-30(24-7-3-1-4-8-24)40-31(19-27)25-9-5-2-6-10-25/h1-21H. The van der Waals surface area contributed by atoms with Gasteiger partial charge in [-0.1, -0.05) is 91.0 Å². The van der Waals surface area contributed by atoms with Gasteiger partial charge in [0.1, 0.15) is 11.1 Å². The largest absolute Gasteiger partial charge is 0.454 e. The number of pyridine rings is 2. The molecular formula is C35H21F3N2O. The number of rotatable bonds is 4. The molecule has 0 radical (unpaired) electrons. The lowest BCUT2D eigenvalue weighted by atomic mass is 9.97. The van der Waals surface area contributed by atoms with Crippen LogP contribution in [0.5, 0.6) is 0 Å². The van der Waals surface area contributed by atoms with Gasteiger partial charge in [0.2, 0.25) is 0 Å². The molecule has 198 valence electrons. The molecule has 7 rings (SSSR count). The van der Waals surface area contributed by atoms with E-state index in [1.807, 2.05) is 60.7 Å². The first-order valence-corrected chi connectivity index (χ1v) is 13.1. The maximum atomic E-state index is 13.1. The van der Waals surface area contributed by atoms with Crippen LogP contribution in [0.2, 0.25) is 0 Å². The predicted octanol–water partition coefficient (Wildman–Crippen LogP) is 10.1. The lowest BCUT2D eigenvalue weighted by Crippen LogP contribution is -2.04. The number of furan rings is 1. The maximum absolute atomic E-state index is 13.1. The third-order valence-electron chi connectivity index (χ3n) is 7.15. The highest BCUT2D eigenvalue weighted by Crippen LogP contribution is 2.36. The molecule has 0 saturated heterocycles. The molecule has 7 aromatic rings. The zero-order valence-electron chi connectivity index (χ0n) is 21.6. The van der Waals surface area contributed by atoms with Crippen LogP contribution >= 0.6 is 0 Å². The van der Waals surface area contributed by atoms with Crippen LogP contribution in [0.4, 0.5) is 13.2 Å². The summed E-state index contributed by atoms with van der Waals surface area (Å²) in [6.07, 6.45) is -3.63. The van der Waals surface area contributed by atoms with Crippen molar-refractivity contribution < 1.29 is 17.6 Å². The fourth-order valence-corrected chi connectivity index (χ4v) is 5.05. The highest BCUT2D eigenvalue weighted by molar-refractivity contribution is 6.04. The Morgan fingerprint density at radius 2 is 1.07 bits per heavy atom. The Morgan fingerprint density at radius 1 is 0.512 bits per heavy atom. The molecule has 0 amide bonds. The van der Waals surface area contributed by atoms with Crippen molar-refractivity contribution in [2.45, 2.75) is 6.18 Å². The zero-order valence-corrected chi connectivity index (χ0v) is 21.6. The molecule has 6 heteroatoms. The number of nitrogens with zero attached hydrogens (tertiary/aromatic N) is 2. The quantitative estimate of drug-likeness (QED) is 0.222. The monoisotopic (exact) mass is 542 g/mol. The number of alkyl halides is 3. The second kappa shape index (κ2) is 9.75. The summed E-state index contributed by atoms with van der Waals surface area (Å²) in [5.41, 5.74) is 8.03. The molecule has 41 heavy (non-hydrogen) atoms. The first-order valence-electron chi connectivity index (χ1n) is 13.1. The summed E-state index contributed by atoms with van der Waals surface area (Å²) in [4.78, 5) is 9.03. The third-order valence-corrected chi connectivity index (χ3v) is 7.15. The SMILES string of the molecule is FC(F)(F)c1cnc2c(c1)oc1ccc(-c3ccc(-c4cc(-c5ccccc5)nc(-c5ccccc5)c4)cc3)cc12. The van der Waals surface area contributed by atoms with Crippen molar-refractivity contribution in [3.05, 3.63) is 133 Å². The highest BCUT2D eigenvalue weighted by atomic mass is 19.4. The van der Waals surface area contributed by atoms with Crippen molar-refractivity contribution in [1.29, 1.82) is 0 Å². The topological polar surface area (TPSA) is 38.9 Å². The van der Waals surface area contributed by atoms with Crippen molar-refractivity contribution in [2.24, 2.45) is 0 Å². The summed E-state index contributed by atoms with van der Waals surface area (Å²) in [5, 5.41) is 0.671. The molecule has 0 atom stereocenters. The van der Waals surface area contributed by atoms with Crippen LogP contribution in [-0.4, -0.2) is 9.97 Å². The van der Waals surface area contributed by atoms with Gasteiger partial charge in [-0.3, -0.25) is 4.98 Å². The van der Waals surface area contributed by atoms with Gasteiger partial charge in [0.15, 0.2) is 5.58 Å². The van der Waals surface area contributed by atoms with Gasteiger partial charge >= 0.3 is 6.18 Å². The van der Waals surface area contributed by atoms with E-state index in [1.165, 1.54) is 0 Å². The lowest BCUT2D eigenvalue weighted by molar-refractivity contribution is -0.137. The average molecular weight is 543 g/mol. The minimum absolute atomic E-state index is 0.114. The Bertz CT molecular complexity index is 1960. The number of benzene rings is 4. The minimum atomic E-state index is -4.48. The van der Waals surface area contributed by atoms with Gasteiger partial charge < -0.3 is 4.42 Å². The smallest absolute Gasteiger partial charge is 0.418 e. The van der Waals surface area contributed by atoms with E-state index in [0.717, 1.165) is 57.0 Å². The van der Waals surface area contributed by atoms with Gasteiger partial charge in [-0.25, -0.2) is 4.98 Å². The first kappa shape index (κ1) is 24.8. The second-order valence-electron chi connectivity index (χ2n) is 9.82. The summed E-state index contributed by atoms with van der Waals surface area (Å²) in [6.45, 7) is 0. The van der Waals surface area contributed by atoms with Crippen molar-refractivity contribution in [2.75, 3.05) is 0 Å². The molecule has 4 aromatic carbocycles. The van der Waals surface area contributed by atoms with E-state index in [1.54, 1.807) is 6.07 Å². The van der Waals surface area contributed by atoms with Gasteiger partial charge in [-0.15, -0.1) is 0 Å². The van der Waals surface area contributed by atoms with Gasteiger partial charge in [0, 0.05) is 22.7 Å². The predicted molar refractivity (Wildman–Crippen MR) is 156 cm³/mol. The van der Waals surface area contributed by atoms with Gasteiger partial charge in [-0.2, -0.15) is 13.2 Å². The Labute approximate surface area is 233 Å². The Kier molecular flexibility index (Phi) is 5.89. The fraction of sp³-hybridized carbons (Fsp3) is 0.0286. The summed E-state index contributed by atoms with van der Waals surface area (Å²) in [6, 6.07) is 39.2. The Morgan fingerprint density at radius 3 is 1.66 bits per heavy atom. The molecule has 0 aliphatic rings. The third kappa shape index (κ3) is 4.74. The molecule has 0 aliphatic carbocycles.